The number of guanidine groups is 1. The van der Waals surface area contributed by atoms with E-state index in [-0.39, 0.29) is 5.82 Å². The fourth-order valence-electron chi connectivity index (χ4n) is 1.97. The van der Waals surface area contributed by atoms with Gasteiger partial charge in [0.15, 0.2) is 5.96 Å². The number of rotatable bonds is 8. The van der Waals surface area contributed by atoms with Crippen molar-refractivity contribution in [2.24, 2.45) is 10.9 Å². The molecule has 0 radical (unpaired) electrons. The summed E-state index contributed by atoms with van der Waals surface area (Å²) in [6.07, 6.45) is 3.61. The van der Waals surface area contributed by atoms with Crippen LogP contribution in [0.25, 0.3) is 0 Å². The van der Waals surface area contributed by atoms with Crippen LogP contribution in [0.3, 0.4) is 0 Å². The number of aliphatic imine (C=N–C) groups is 1. The molecule has 1 fully saturated rings. The summed E-state index contributed by atoms with van der Waals surface area (Å²) in [6.45, 7) is 3.06. The van der Waals surface area contributed by atoms with Crippen LogP contribution in [-0.4, -0.2) is 32.8 Å². The second-order valence-corrected chi connectivity index (χ2v) is 5.35. The third-order valence-corrected chi connectivity index (χ3v) is 3.38. The van der Waals surface area contributed by atoms with Gasteiger partial charge < -0.3 is 15.4 Å². The average Bonchev–Trinajstić information content (AvgIpc) is 3.30. The van der Waals surface area contributed by atoms with E-state index in [0.29, 0.717) is 6.54 Å². The molecule has 0 amide bonds. The minimum atomic E-state index is -0.218. The first-order chi connectivity index (χ1) is 10.3. The Morgan fingerprint density at radius 1 is 1.38 bits per heavy atom. The van der Waals surface area contributed by atoms with Crippen molar-refractivity contribution in [3.05, 3.63) is 35.6 Å². The number of nitrogens with zero attached hydrogens (tertiary/aromatic N) is 1. The van der Waals surface area contributed by atoms with Gasteiger partial charge in [0, 0.05) is 33.4 Å². The van der Waals surface area contributed by atoms with Crippen LogP contribution >= 0.6 is 0 Å². The lowest BCUT2D eigenvalue weighted by molar-refractivity contribution is 0.123. The molecule has 1 aliphatic carbocycles. The molecule has 0 spiro atoms. The van der Waals surface area contributed by atoms with Crippen molar-refractivity contribution in [1.82, 2.24) is 10.6 Å². The Hall–Kier alpha value is -1.62. The molecular formula is C16H24FN3O. The number of ether oxygens (including phenoxy) is 1. The summed E-state index contributed by atoms with van der Waals surface area (Å²) in [5.41, 5.74) is 0.894. The number of nitrogens with one attached hydrogen (secondary N) is 2. The minimum Gasteiger partial charge on any atom is -0.381 e. The van der Waals surface area contributed by atoms with Crippen molar-refractivity contribution in [3.63, 3.8) is 0 Å². The molecule has 0 saturated heterocycles. The van der Waals surface area contributed by atoms with E-state index in [2.05, 4.69) is 15.6 Å². The minimum absolute atomic E-state index is 0.218. The van der Waals surface area contributed by atoms with Crippen molar-refractivity contribution in [2.45, 2.75) is 25.8 Å². The van der Waals surface area contributed by atoms with Gasteiger partial charge in [-0.1, -0.05) is 12.1 Å². The van der Waals surface area contributed by atoms with Crippen LogP contribution in [0.2, 0.25) is 0 Å². The molecule has 4 nitrogen and oxygen atoms in total. The van der Waals surface area contributed by atoms with E-state index in [1.54, 1.807) is 13.1 Å². The van der Waals surface area contributed by atoms with Gasteiger partial charge in [-0.05, 0) is 42.9 Å². The van der Waals surface area contributed by atoms with Crippen molar-refractivity contribution in [2.75, 3.05) is 26.8 Å². The standard InChI is InChI=1S/C16H24FN3O/c1-18-16(19-8-3-9-21-12-13-6-7-13)20-11-14-4-2-5-15(17)10-14/h2,4-5,10,13H,3,6-9,11-12H2,1H3,(H2,18,19,20). The molecule has 0 unspecified atom stereocenters. The molecule has 2 N–H and O–H groups in total. The quantitative estimate of drug-likeness (QED) is 0.439. The van der Waals surface area contributed by atoms with E-state index < -0.39 is 0 Å². The molecule has 1 aliphatic rings. The number of hydrogen-bond donors (Lipinski definition) is 2. The van der Waals surface area contributed by atoms with E-state index in [9.17, 15) is 4.39 Å². The fourth-order valence-corrected chi connectivity index (χ4v) is 1.97. The first kappa shape index (κ1) is 15.8. The Labute approximate surface area is 125 Å². The Morgan fingerprint density at radius 3 is 2.95 bits per heavy atom. The van der Waals surface area contributed by atoms with Gasteiger partial charge >= 0.3 is 0 Å². The lowest BCUT2D eigenvalue weighted by atomic mass is 10.2. The van der Waals surface area contributed by atoms with Gasteiger partial charge in [-0.15, -0.1) is 0 Å². The highest BCUT2D eigenvalue weighted by Crippen LogP contribution is 2.28. The number of benzene rings is 1. The molecule has 0 atom stereocenters. The Morgan fingerprint density at radius 2 is 2.24 bits per heavy atom. The second-order valence-electron chi connectivity index (χ2n) is 5.35. The van der Waals surface area contributed by atoms with Gasteiger partial charge in [0.25, 0.3) is 0 Å². The molecule has 1 saturated carbocycles. The summed E-state index contributed by atoms with van der Waals surface area (Å²) < 4.78 is 18.6. The predicted molar refractivity (Wildman–Crippen MR) is 82.8 cm³/mol. The van der Waals surface area contributed by atoms with Crippen LogP contribution in [-0.2, 0) is 11.3 Å². The third kappa shape index (κ3) is 6.58. The zero-order valence-electron chi connectivity index (χ0n) is 12.6. The maximum absolute atomic E-state index is 13.1. The smallest absolute Gasteiger partial charge is 0.191 e. The van der Waals surface area contributed by atoms with Crippen LogP contribution in [0.15, 0.2) is 29.3 Å². The fraction of sp³-hybridized carbons (Fsp3) is 0.562. The highest BCUT2D eigenvalue weighted by atomic mass is 19.1. The van der Waals surface area contributed by atoms with Crippen molar-refractivity contribution in [1.29, 1.82) is 0 Å². The van der Waals surface area contributed by atoms with Gasteiger partial charge in [-0.2, -0.15) is 0 Å². The summed E-state index contributed by atoms with van der Waals surface area (Å²) in [4.78, 5) is 4.14. The third-order valence-electron chi connectivity index (χ3n) is 3.38. The van der Waals surface area contributed by atoms with Crippen LogP contribution in [0.1, 0.15) is 24.8 Å². The Balaban J connectivity index is 1.57. The highest BCUT2D eigenvalue weighted by molar-refractivity contribution is 5.79. The van der Waals surface area contributed by atoms with E-state index in [1.807, 2.05) is 6.07 Å². The molecule has 116 valence electrons. The van der Waals surface area contributed by atoms with Crippen LogP contribution in [0.5, 0.6) is 0 Å². The summed E-state index contributed by atoms with van der Waals surface area (Å²) in [7, 11) is 1.73. The zero-order chi connectivity index (χ0) is 14.9. The molecule has 21 heavy (non-hydrogen) atoms. The predicted octanol–water partition coefficient (Wildman–Crippen LogP) is 2.31. The van der Waals surface area contributed by atoms with E-state index in [4.69, 9.17) is 4.74 Å². The maximum atomic E-state index is 13.1. The average molecular weight is 293 g/mol. The van der Waals surface area contributed by atoms with Gasteiger partial charge in [-0.3, -0.25) is 4.99 Å². The molecule has 0 aromatic heterocycles. The van der Waals surface area contributed by atoms with Gasteiger partial charge in [0.05, 0.1) is 0 Å². The molecule has 2 rings (SSSR count). The first-order valence-electron chi connectivity index (χ1n) is 7.54. The lowest BCUT2D eigenvalue weighted by Gasteiger charge is -2.12. The number of halogens is 1. The Kier molecular flexibility index (Phi) is 6.47. The summed E-state index contributed by atoms with van der Waals surface area (Å²) >= 11 is 0. The second kappa shape index (κ2) is 8.62. The van der Waals surface area contributed by atoms with E-state index in [1.165, 1.54) is 25.0 Å². The molecule has 5 heteroatoms. The molecule has 1 aromatic rings. The largest absolute Gasteiger partial charge is 0.381 e. The van der Waals surface area contributed by atoms with E-state index >= 15 is 0 Å². The normalized spacial score (nSPS) is 15.0. The lowest BCUT2D eigenvalue weighted by Crippen LogP contribution is -2.37. The van der Waals surface area contributed by atoms with Crippen molar-refractivity contribution >= 4 is 5.96 Å². The highest BCUT2D eigenvalue weighted by Gasteiger charge is 2.20. The van der Waals surface area contributed by atoms with Gasteiger partial charge in [0.2, 0.25) is 0 Å². The maximum Gasteiger partial charge on any atom is 0.191 e. The van der Waals surface area contributed by atoms with E-state index in [0.717, 1.165) is 43.6 Å². The van der Waals surface area contributed by atoms with Crippen LogP contribution in [0.4, 0.5) is 4.39 Å². The van der Waals surface area contributed by atoms with Gasteiger partial charge in [0.1, 0.15) is 5.82 Å². The van der Waals surface area contributed by atoms with Gasteiger partial charge in [-0.25, -0.2) is 4.39 Å². The zero-order valence-corrected chi connectivity index (χ0v) is 12.6. The van der Waals surface area contributed by atoms with Crippen LogP contribution in [0, 0.1) is 11.7 Å². The summed E-state index contributed by atoms with van der Waals surface area (Å²) in [6, 6.07) is 6.55. The topological polar surface area (TPSA) is 45.7 Å². The van der Waals surface area contributed by atoms with Crippen molar-refractivity contribution < 1.29 is 9.13 Å². The molecule has 0 bridgehead atoms. The molecule has 1 aromatic carbocycles. The monoisotopic (exact) mass is 293 g/mol. The summed E-state index contributed by atoms with van der Waals surface area (Å²) in [5, 5.41) is 6.39. The summed E-state index contributed by atoms with van der Waals surface area (Å²) in [5.74, 6) is 1.32. The first-order valence-corrected chi connectivity index (χ1v) is 7.54. The number of hydrogen-bond acceptors (Lipinski definition) is 2. The van der Waals surface area contributed by atoms with Crippen LogP contribution < -0.4 is 10.6 Å². The van der Waals surface area contributed by atoms with Crippen molar-refractivity contribution in [3.8, 4) is 0 Å². The molecule has 0 heterocycles. The molecular weight excluding hydrogens is 269 g/mol. The molecule has 0 aliphatic heterocycles. The Bertz CT molecular complexity index is 461. The SMILES string of the molecule is CN=C(NCCCOCC1CC1)NCc1cccc(F)c1.